The van der Waals surface area contributed by atoms with Crippen molar-refractivity contribution in [1.29, 1.82) is 0 Å². The summed E-state index contributed by atoms with van der Waals surface area (Å²) < 4.78 is 32.7. The van der Waals surface area contributed by atoms with E-state index in [1.165, 1.54) is 0 Å². The van der Waals surface area contributed by atoms with Crippen molar-refractivity contribution in [3.63, 3.8) is 0 Å². The number of aryl methyl sites for hydroxylation is 1. The number of halogens is 1. The summed E-state index contributed by atoms with van der Waals surface area (Å²) in [6.45, 7) is 0.264. The van der Waals surface area contributed by atoms with E-state index < -0.39 is 15.1 Å². The number of sulfone groups is 1. The summed E-state index contributed by atoms with van der Waals surface area (Å²) in [5.41, 5.74) is 0. The van der Waals surface area contributed by atoms with Gasteiger partial charge in [-0.3, -0.25) is 4.79 Å². The van der Waals surface area contributed by atoms with Gasteiger partial charge in [-0.1, -0.05) is 16.7 Å². The largest absolute Gasteiger partial charge is 0.484 e. The monoisotopic (exact) mass is 373 g/mol. The second kappa shape index (κ2) is 8.11. The van der Waals surface area contributed by atoms with Crippen LogP contribution in [0.25, 0.3) is 0 Å². The van der Waals surface area contributed by atoms with Crippen LogP contribution in [0.15, 0.2) is 33.9 Å². The van der Waals surface area contributed by atoms with Gasteiger partial charge >= 0.3 is 5.22 Å². The highest BCUT2D eigenvalue weighted by Gasteiger charge is 2.16. The molecule has 1 amide bonds. The number of benzene rings is 1. The van der Waals surface area contributed by atoms with Crippen molar-refractivity contribution in [2.24, 2.45) is 0 Å². The van der Waals surface area contributed by atoms with Gasteiger partial charge in [-0.05, 0) is 30.7 Å². The summed E-state index contributed by atoms with van der Waals surface area (Å²) >= 11 is 5.75. The van der Waals surface area contributed by atoms with Crippen LogP contribution in [0.4, 0.5) is 0 Å². The van der Waals surface area contributed by atoms with Gasteiger partial charge in [0.25, 0.3) is 5.91 Å². The molecule has 0 radical (unpaired) electrons. The molecular formula is C14H16ClN3O5S. The van der Waals surface area contributed by atoms with Crippen LogP contribution in [0.1, 0.15) is 12.3 Å². The quantitative estimate of drug-likeness (QED) is 0.693. The number of nitrogens with one attached hydrogen (secondary N) is 1. The zero-order valence-electron chi connectivity index (χ0n) is 12.9. The number of aromatic nitrogens is 2. The first kappa shape index (κ1) is 18.2. The molecule has 1 N–H and O–H groups in total. The van der Waals surface area contributed by atoms with Gasteiger partial charge in [0.2, 0.25) is 15.7 Å². The van der Waals surface area contributed by atoms with Crippen LogP contribution < -0.4 is 10.1 Å². The molecule has 2 rings (SSSR count). The number of rotatable bonds is 8. The Bertz CT molecular complexity index is 789. The standard InChI is InChI=1S/C14H16ClN3O5S/c1-24(20,21)14-18-17-13(23-14)3-2-8-16-12(19)9-22-11-6-4-10(15)5-7-11/h4-7H,2-3,8-9H2,1H3,(H,16,19). The van der Waals surface area contributed by atoms with E-state index in [1.807, 2.05) is 0 Å². The first-order valence-corrected chi connectivity index (χ1v) is 9.29. The topological polar surface area (TPSA) is 111 Å². The Morgan fingerprint density at radius 3 is 2.62 bits per heavy atom. The van der Waals surface area contributed by atoms with Crippen molar-refractivity contribution in [2.75, 3.05) is 19.4 Å². The smallest absolute Gasteiger partial charge is 0.335 e. The first-order chi connectivity index (χ1) is 11.3. The maximum absolute atomic E-state index is 11.6. The minimum absolute atomic E-state index is 0.111. The van der Waals surface area contributed by atoms with Crippen molar-refractivity contribution in [2.45, 2.75) is 18.1 Å². The normalized spacial score (nSPS) is 11.2. The van der Waals surface area contributed by atoms with E-state index in [1.54, 1.807) is 24.3 Å². The predicted molar refractivity (Wildman–Crippen MR) is 85.7 cm³/mol. The van der Waals surface area contributed by atoms with Crippen LogP contribution in [0, 0.1) is 0 Å². The molecule has 0 spiro atoms. The number of hydrogen-bond acceptors (Lipinski definition) is 7. The van der Waals surface area contributed by atoms with E-state index >= 15 is 0 Å². The van der Waals surface area contributed by atoms with Crippen LogP contribution in [0.2, 0.25) is 5.02 Å². The van der Waals surface area contributed by atoms with Crippen molar-refractivity contribution in [3.05, 3.63) is 35.2 Å². The molecular weight excluding hydrogens is 358 g/mol. The maximum atomic E-state index is 11.6. The molecule has 1 aromatic heterocycles. The molecule has 10 heteroatoms. The fourth-order valence-corrected chi connectivity index (χ4v) is 2.25. The summed E-state index contributed by atoms with van der Waals surface area (Å²) in [5.74, 6) is 0.489. The molecule has 0 unspecified atom stereocenters. The first-order valence-electron chi connectivity index (χ1n) is 7.02. The number of hydrogen-bond donors (Lipinski definition) is 1. The summed E-state index contributed by atoms with van der Waals surface area (Å²) in [6, 6.07) is 6.68. The highest BCUT2D eigenvalue weighted by molar-refractivity contribution is 7.90. The number of carbonyl (C=O) groups excluding carboxylic acids is 1. The van der Waals surface area contributed by atoms with Crippen molar-refractivity contribution in [3.8, 4) is 5.75 Å². The van der Waals surface area contributed by atoms with Crippen LogP contribution in [-0.2, 0) is 21.1 Å². The van der Waals surface area contributed by atoms with Gasteiger partial charge in [-0.25, -0.2) is 8.42 Å². The van der Waals surface area contributed by atoms with E-state index in [0.717, 1.165) is 6.26 Å². The molecule has 8 nitrogen and oxygen atoms in total. The summed E-state index contributed by atoms with van der Waals surface area (Å²) in [4.78, 5) is 11.6. The van der Waals surface area contributed by atoms with E-state index in [9.17, 15) is 13.2 Å². The second-order valence-corrected chi connectivity index (χ2v) is 7.26. The summed E-state index contributed by atoms with van der Waals surface area (Å²) in [6.07, 6.45) is 1.88. The molecule has 1 aromatic carbocycles. The van der Waals surface area contributed by atoms with Crippen LogP contribution in [-0.4, -0.2) is 43.9 Å². The van der Waals surface area contributed by atoms with Crippen molar-refractivity contribution in [1.82, 2.24) is 15.5 Å². The lowest BCUT2D eigenvalue weighted by molar-refractivity contribution is -0.123. The van der Waals surface area contributed by atoms with Gasteiger partial charge < -0.3 is 14.5 Å². The second-order valence-electron chi connectivity index (χ2n) is 4.93. The van der Waals surface area contributed by atoms with E-state index in [-0.39, 0.29) is 18.4 Å². The number of carbonyl (C=O) groups is 1. The Balaban J connectivity index is 1.65. The molecule has 0 aliphatic rings. The SMILES string of the molecule is CS(=O)(=O)c1nnc(CCCNC(=O)COc2ccc(Cl)cc2)o1. The molecule has 0 saturated carbocycles. The highest BCUT2D eigenvalue weighted by atomic mass is 35.5. The highest BCUT2D eigenvalue weighted by Crippen LogP contribution is 2.15. The van der Waals surface area contributed by atoms with Gasteiger partial charge in [-0.15, -0.1) is 5.10 Å². The molecule has 0 fully saturated rings. The molecule has 0 atom stereocenters. The summed E-state index contributed by atoms with van der Waals surface area (Å²) in [7, 11) is -3.50. The van der Waals surface area contributed by atoms with E-state index in [2.05, 4.69) is 15.5 Å². The lowest BCUT2D eigenvalue weighted by Gasteiger charge is -2.07. The minimum atomic E-state index is -3.50. The van der Waals surface area contributed by atoms with Crippen LogP contribution >= 0.6 is 11.6 Å². The fourth-order valence-electron chi connectivity index (χ4n) is 1.69. The predicted octanol–water partition coefficient (Wildman–Crippen LogP) is 1.25. The molecule has 0 aliphatic carbocycles. The lowest BCUT2D eigenvalue weighted by Crippen LogP contribution is -2.29. The number of amides is 1. The molecule has 0 bridgehead atoms. The van der Waals surface area contributed by atoms with Gasteiger partial charge in [0.15, 0.2) is 6.61 Å². The van der Waals surface area contributed by atoms with Gasteiger partial charge in [-0.2, -0.15) is 0 Å². The lowest BCUT2D eigenvalue weighted by atomic mass is 10.3. The number of nitrogens with zero attached hydrogens (tertiary/aromatic N) is 2. The van der Waals surface area contributed by atoms with Crippen LogP contribution in [0.5, 0.6) is 5.75 Å². The molecule has 2 aromatic rings. The Morgan fingerprint density at radius 1 is 1.29 bits per heavy atom. The van der Waals surface area contributed by atoms with E-state index in [4.69, 9.17) is 20.8 Å². The Kier molecular flexibility index (Phi) is 6.16. The van der Waals surface area contributed by atoms with Gasteiger partial charge in [0, 0.05) is 24.2 Å². The minimum Gasteiger partial charge on any atom is -0.484 e. The Hall–Kier alpha value is -2.13. The van der Waals surface area contributed by atoms with E-state index in [0.29, 0.717) is 30.2 Å². The molecule has 24 heavy (non-hydrogen) atoms. The third kappa shape index (κ3) is 5.82. The van der Waals surface area contributed by atoms with Crippen LogP contribution in [0.3, 0.4) is 0 Å². The zero-order valence-corrected chi connectivity index (χ0v) is 14.4. The maximum Gasteiger partial charge on any atom is 0.335 e. The molecule has 0 saturated heterocycles. The summed E-state index contributed by atoms with van der Waals surface area (Å²) in [5, 5.41) is 9.95. The van der Waals surface area contributed by atoms with Crippen molar-refractivity contribution >= 4 is 27.3 Å². The number of ether oxygens (including phenoxy) is 1. The third-order valence-corrected chi connectivity index (χ3v) is 3.89. The Morgan fingerprint density at radius 2 is 2.00 bits per heavy atom. The zero-order chi connectivity index (χ0) is 17.6. The average molecular weight is 374 g/mol. The average Bonchev–Trinajstić information content (AvgIpc) is 3.00. The Labute approximate surface area is 144 Å². The van der Waals surface area contributed by atoms with Gasteiger partial charge in [0.05, 0.1) is 0 Å². The molecule has 130 valence electrons. The third-order valence-electron chi connectivity index (χ3n) is 2.84. The fraction of sp³-hybridized carbons (Fsp3) is 0.357. The van der Waals surface area contributed by atoms with Gasteiger partial charge in [0.1, 0.15) is 5.75 Å². The molecule has 0 aliphatic heterocycles. The molecule has 1 heterocycles. The van der Waals surface area contributed by atoms with Crippen molar-refractivity contribution < 1.29 is 22.4 Å².